The summed E-state index contributed by atoms with van der Waals surface area (Å²) in [5.41, 5.74) is 2.98. The number of fused-ring (bicyclic) bond motifs is 1. The van der Waals surface area contributed by atoms with Crippen molar-refractivity contribution in [2.75, 3.05) is 5.32 Å². The van der Waals surface area contributed by atoms with Gasteiger partial charge in [0.25, 0.3) is 0 Å². The van der Waals surface area contributed by atoms with Crippen LogP contribution in [0.4, 0.5) is 11.5 Å². The van der Waals surface area contributed by atoms with Crippen LogP contribution in [0.2, 0.25) is 0 Å². The molecule has 2 aromatic heterocycles. The van der Waals surface area contributed by atoms with Gasteiger partial charge in [0.15, 0.2) is 5.82 Å². The number of rotatable bonds is 6. The van der Waals surface area contributed by atoms with Crippen molar-refractivity contribution in [3.05, 3.63) is 115 Å². The van der Waals surface area contributed by atoms with E-state index in [1.807, 2.05) is 78.9 Å². The van der Waals surface area contributed by atoms with Gasteiger partial charge in [-0.15, -0.1) is 5.10 Å². The van der Waals surface area contributed by atoms with Crippen LogP contribution in [-0.2, 0) is 6.42 Å². The first kappa shape index (κ1) is 18.8. The van der Waals surface area contributed by atoms with Crippen molar-refractivity contribution < 1.29 is 4.74 Å². The number of anilines is 2. The van der Waals surface area contributed by atoms with Crippen molar-refractivity contribution >= 4 is 22.3 Å². The highest BCUT2D eigenvalue weighted by Crippen LogP contribution is 2.29. The fraction of sp³-hybridized carbons (Fsp3) is 0.0385. The summed E-state index contributed by atoms with van der Waals surface area (Å²) >= 11 is 0. The Labute approximate surface area is 180 Å². The topological polar surface area (TPSA) is 59.9 Å². The van der Waals surface area contributed by atoms with Crippen LogP contribution in [0.5, 0.6) is 11.5 Å². The zero-order chi connectivity index (χ0) is 20.9. The van der Waals surface area contributed by atoms with Crippen molar-refractivity contribution in [3.8, 4) is 11.5 Å². The van der Waals surface area contributed by atoms with Crippen LogP contribution in [-0.4, -0.2) is 15.2 Å². The van der Waals surface area contributed by atoms with Gasteiger partial charge in [-0.25, -0.2) is 0 Å². The van der Waals surface area contributed by atoms with Crippen molar-refractivity contribution in [2.45, 2.75) is 6.42 Å². The molecular weight excluding hydrogens is 384 g/mol. The molecule has 3 aromatic carbocycles. The van der Waals surface area contributed by atoms with Gasteiger partial charge in [0.05, 0.1) is 5.69 Å². The van der Waals surface area contributed by atoms with Gasteiger partial charge >= 0.3 is 0 Å². The highest BCUT2D eigenvalue weighted by atomic mass is 16.5. The third-order valence-corrected chi connectivity index (χ3v) is 4.96. The van der Waals surface area contributed by atoms with Gasteiger partial charge in [-0.2, -0.15) is 5.10 Å². The van der Waals surface area contributed by atoms with Gasteiger partial charge in [-0.1, -0.05) is 48.5 Å². The van der Waals surface area contributed by atoms with Gasteiger partial charge < -0.3 is 10.1 Å². The van der Waals surface area contributed by atoms with Crippen LogP contribution in [0.15, 0.2) is 103 Å². The van der Waals surface area contributed by atoms with E-state index in [2.05, 4.69) is 32.6 Å². The standard InChI is InChI=1S/C26H20N4O/c1-2-8-21(9-3-1)31-22-10-6-7-20(18-22)28-26-24-12-5-4-11-23(24)25(29-30-26)17-19-13-15-27-16-14-19/h1-16,18H,17H2,(H,28,30). The molecule has 0 saturated heterocycles. The summed E-state index contributed by atoms with van der Waals surface area (Å²) < 4.78 is 5.95. The lowest BCUT2D eigenvalue weighted by molar-refractivity contribution is 0.483. The van der Waals surface area contributed by atoms with Gasteiger partial charge in [0, 0.05) is 41.3 Å². The Balaban J connectivity index is 1.43. The van der Waals surface area contributed by atoms with Crippen LogP contribution in [0.3, 0.4) is 0 Å². The molecule has 2 heterocycles. The van der Waals surface area contributed by atoms with E-state index < -0.39 is 0 Å². The van der Waals surface area contributed by atoms with Crippen molar-refractivity contribution in [2.24, 2.45) is 0 Å². The summed E-state index contributed by atoms with van der Waals surface area (Å²) in [5.74, 6) is 2.26. The highest BCUT2D eigenvalue weighted by Gasteiger charge is 2.10. The molecule has 0 unspecified atom stereocenters. The average molecular weight is 404 g/mol. The predicted molar refractivity (Wildman–Crippen MR) is 123 cm³/mol. The van der Waals surface area contributed by atoms with Gasteiger partial charge in [0.2, 0.25) is 0 Å². The normalized spacial score (nSPS) is 10.7. The zero-order valence-electron chi connectivity index (χ0n) is 16.8. The molecule has 0 aliphatic rings. The summed E-state index contributed by atoms with van der Waals surface area (Å²) in [4.78, 5) is 4.09. The maximum absolute atomic E-state index is 5.95. The number of hydrogen-bond donors (Lipinski definition) is 1. The van der Waals surface area contributed by atoms with Crippen molar-refractivity contribution in [1.29, 1.82) is 0 Å². The third kappa shape index (κ3) is 4.36. The Morgan fingerprint density at radius 3 is 2.26 bits per heavy atom. The molecular formula is C26H20N4O. The number of pyridine rings is 1. The van der Waals surface area contributed by atoms with Crippen molar-refractivity contribution in [3.63, 3.8) is 0 Å². The molecule has 5 nitrogen and oxygen atoms in total. The largest absolute Gasteiger partial charge is 0.457 e. The van der Waals surface area contributed by atoms with Crippen molar-refractivity contribution in [1.82, 2.24) is 15.2 Å². The smallest absolute Gasteiger partial charge is 0.160 e. The summed E-state index contributed by atoms with van der Waals surface area (Å²) in [5, 5.41) is 14.5. The average Bonchev–Trinajstić information content (AvgIpc) is 2.82. The van der Waals surface area contributed by atoms with Crippen LogP contribution in [0, 0.1) is 0 Å². The fourth-order valence-electron chi connectivity index (χ4n) is 3.47. The Kier molecular flexibility index (Phi) is 5.22. The second kappa shape index (κ2) is 8.63. The molecule has 0 aliphatic heterocycles. The predicted octanol–water partition coefficient (Wildman–Crippen LogP) is 6.15. The minimum atomic E-state index is 0.705. The molecule has 0 aliphatic carbocycles. The van der Waals surface area contributed by atoms with Gasteiger partial charge in [-0.05, 0) is 42.0 Å². The van der Waals surface area contributed by atoms with Gasteiger partial charge in [-0.3, -0.25) is 4.98 Å². The molecule has 150 valence electrons. The van der Waals surface area contributed by atoms with E-state index >= 15 is 0 Å². The maximum atomic E-state index is 5.95. The molecule has 5 heteroatoms. The maximum Gasteiger partial charge on any atom is 0.160 e. The minimum absolute atomic E-state index is 0.705. The van der Waals surface area contributed by atoms with Gasteiger partial charge in [0.1, 0.15) is 11.5 Å². The first-order valence-electron chi connectivity index (χ1n) is 10.1. The zero-order valence-corrected chi connectivity index (χ0v) is 16.8. The Hall–Kier alpha value is -4.25. The number of aromatic nitrogens is 3. The summed E-state index contributed by atoms with van der Waals surface area (Å²) in [6.07, 6.45) is 4.30. The van der Waals surface area contributed by atoms with E-state index in [1.54, 1.807) is 12.4 Å². The molecule has 0 bridgehead atoms. The monoisotopic (exact) mass is 404 g/mol. The van der Waals surface area contributed by atoms with E-state index in [-0.39, 0.29) is 0 Å². The SMILES string of the molecule is c1ccc(Oc2cccc(Nc3nnc(Cc4ccncc4)c4ccccc34)c2)cc1. The van der Waals surface area contributed by atoms with E-state index in [1.165, 1.54) is 0 Å². The van der Waals surface area contributed by atoms with E-state index in [4.69, 9.17) is 4.74 Å². The summed E-state index contributed by atoms with van der Waals surface area (Å²) in [6.45, 7) is 0. The Bertz CT molecular complexity index is 1310. The lowest BCUT2D eigenvalue weighted by atomic mass is 10.0. The molecule has 1 N–H and O–H groups in total. The Morgan fingerprint density at radius 2 is 1.42 bits per heavy atom. The number of benzene rings is 3. The lowest BCUT2D eigenvalue weighted by Gasteiger charge is -2.12. The summed E-state index contributed by atoms with van der Waals surface area (Å²) in [7, 11) is 0. The lowest BCUT2D eigenvalue weighted by Crippen LogP contribution is -2.02. The molecule has 0 fully saturated rings. The first-order chi connectivity index (χ1) is 15.3. The van der Waals surface area contributed by atoms with E-state index in [0.29, 0.717) is 12.2 Å². The van der Waals surface area contributed by atoms with Crippen LogP contribution >= 0.6 is 0 Å². The molecule has 0 spiro atoms. The fourth-order valence-corrected chi connectivity index (χ4v) is 3.47. The van der Waals surface area contributed by atoms with E-state index in [0.717, 1.165) is 39.2 Å². The summed E-state index contributed by atoms with van der Waals surface area (Å²) in [6, 6.07) is 29.7. The molecule has 0 atom stereocenters. The number of hydrogen-bond acceptors (Lipinski definition) is 5. The minimum Gasteiger partial charge on any atom is -0.457 e. The molecule has 5 aromatic rings. The molecule has 5 rings (SSSR count). The number of para-hydroxylation sites is 1. The molecule has 0 saturated carbocycles. The van der Waals surface area contributed by atoms with Crippen LogP contribution < -0.4 is 10.1 Å². The van der Waals surface area contributed by atoms with Crippen LogP contribution in [0.25, 0.3) is 10.8 Å². The first-order valence-corrected chi connectivity index (χ1v) is 10.1. The molecule has 0 radical (unpaired) electrons. The second-order valence-electron chi connectivity index (χ2n) is 7.14. The highest BCUT2D eigenvalue weighted by molar-refractivity contribution is 5.94. The number of ether oxygens (including phenoxy) is 1. The van der Waals surface area contributed by atoms with Crippen LogP contribution in [0.1, 0.15) is 11.3 Å². The number of nitrogens with zero attached hydrogens (tertiary/aromatic N) is 3. The second-order valence-corrected chi connectivity index (χ2v) is 7.14. The molecule has 31 heavy (non-hydrogen) atoms. The third-order valence-electron chi connectivity index (χ3n) is 4.96. The van der Waals surface area contributed by atoms with E-state index in [9.17, 15) is 0 Å². The quantitative estimate of drug-likeness (QED) is 0.368. The number of nitrogens with one attached hydrogen (secondary N) is 1. The molecule has 0 amide bonds. The Morgan fingerprint density at radius 1 is 0.677 bits per heavy atom.